The van der Waals surface area contributed by atoms with E-state index in [0.717, 1.165) is 19.3 Å². The number of anilines is 1. The molecule has 25 heavy (non-hydrogen) atoms. The number of aromatic nitrogens is 4. The van der Waals surface area contributed by atoms with Crippen molar-refractivity contribution in [2.24, 2.45) is 0 Å². The van der Waals surface area contributed by atoms with Gasteiger partial charge in [-0.1, -0.05) is 19.8 Å². The lowest BCUT2D eigenvalue weighted by atomic mass is 10.1. The minimum absolute atomic E-state index is 0.0445. The Morgan fingerprint density at radius 2 is 2.28 bits per heavy atom. The summed E-state index contributed by atoms with van der Waals surface area (Å²) in [4.78, 5) is 22.5. The van der Waals surface area contributed by atoms with Gasteiger partial charge in [-0.15, -0.1) is 0 Å². The number of unbranched alkanes of at least 4 members (excludes halogenated alkanes) is 2. The fraction of sp³-hybridized carbons (Fsp3) is 0.667. The zero-order valence-electron chi connectivity index (χ0n) is 14.0. The van der Waals surface area contributed by atoms with Crippen molar-refractivity contribution in [1.29, 1.82) is 0 Å². The number of hydrogen-bond donors (Lipinski definition) is 4. The first-order chi connectivity index (χ1) is 12.1. The van der Waals surface area contributed by atoms with Crippen LogP contribution in [0.25, 0.3) is 11.2 Å². The van der Waals surface area contributed by atoms with Gasteiger partial charge in [-0.25, -0.2) is 4.98 Å². The normalized spacial score (nSPS) is 26.5. The van der Waals surface area contributed by atoms with E-state index in [2.05, 4.69) is 21.9 Å². The number of nitrogens with two attached hydrogens (primary N) is 1. The molecule has 3 rings (SSSR count). The number of aliphatic hydroxyl groups is 2. The van der Waals surface area contributed by atoms with E-state index in [9.17, 15) is 15.0 Å². The van der Waals surface area contributed by atoms with Gasteiger partial charge in [0, 0.05) is 6.61 Å². The summed E-state index contributed by atoms with van der Waals surface area (Å²) in [5.41, 5.74) is 5.50. The molecule has 1 saturated heterocycles. The van der Waals surface area contributed by atoms with Crippen LogP contribution < -0.4 is 11.3 Å². The Hall–Kier alpha value is -2.01. The number of fused-ring (bicyclic) bond motifs is 1. The molecule has 3 heterocycles. The van der Waals surface area contributed by atoms with Crippen LogP contribution >= 0.6 is 0 Å². The van der Waals surface area contributed by atoms with Gasteiger partial charge in [0.15, 0.2) is 17.4 Å². The van der Waals surface area contributed by atoms with Gasteiger partial charge in [-0.3, -0.25) is 14.3 Å². The number of aromatic amines is 1. The van der Waals surface area contributed by atoms with Gasteiger partial charge in [0.1, 0.15) is 18.3 Å². The molecule has 0 amide bonds. The van der Waals surface area contributed by atoms with E-state index in [1.54, 1.807) is 0 Å². The third-order valence-electron chi connectivity index (χ3n) is 4.28. The Balaban J connectivity index is 1.91. The maximum atomic E-state index is 11.9. The largest absolute Gasteiger partial charge is 0.394 e. The molecular formula is C15H23N5O5. The maximum Gasteiger partial charge on any atom is 0.280 e. The number of ether oxygens (including phenoxy) is 2. The molecule has 2 aromatic heterocycles. The minimum Gasteiger partial charge on any atom is -0.394 e. The molecule has 0 unspecified atom stereocenters. The predicted molar refractivity (Wildman–Crippen MR) is 88.8 cm³/mol. The van der Waals surface area contributed by atoms with Crippen molar-refractivity contribution in [3.63, 3.8) is 0 Å². The van der Waals surface area contributed by atoms with Gasteiger partial charge >= 0.3 is 0 Å². The highest BCUT2D eigenvalue weighted by molar-refractivity contribution is 5.70. The van der Waals surface area contributed by atoms with Gasteiger partial charge in [0.05, 0.1) is 12.9 Å². The Bertz CT molecular complexity index is 775. The first-order valence-electron chi connectivity index (χ1n) is 8.35. The summed E-state index contributed by atoms with van der Waals surface area (Å²) in [5, 5.41) is 19.8. The zero-order chi connectivity index (χ0) is 18.0. The first-order valence-corrected chi connectivity index (χ1v) is 8.35. The van der Waals surface area contributed by atoms with Crippen LogP contribution in [0.4, 0.5) is 5.95 Å². The van der Waals surface area contributed by atoms with Gasteiger partial charge in [-0.05, 0) is 6.42 Å². The van der Waals surface area contributed by atoms with E-state index in [0.29, 0.717) is 6.61 Å². The summed E-state index contributed by atoms with van der Waals surface area (Å²) in [6.07, 6.45) is 1.03. The molecule has 0 saturated carbocycles. The number of nitrogens with zero attached hydrogens (tertiary/aromatic N) is 3. The molecule has 4 atom stereocenters. The van der Waals surface area contributed by atoms with Crippen LogP contribution in [-0.4, -0.2) is 61.3 Å². The summed E-state index contributed by atoms with van der Waals surface area (Å²) in [6.45, 7) is 2.19. The monoisotopic (exact) mass is 353 g/mol. The number of hydrogen-bond acceptors (Lipinski definition) is 8. The van der Waals surface area contributed by atoms with E-state index in [1.165, 1.54) is 10.9 Å². The maximum absolute atomic E-state index is 11.9. The third kappa shape index (κ3) is 3.38. The Kier molecular flexibility index (Phi) is 5.33. The van der Waals surface area contributed by atoms with Crippen molar-refractivity contribution < 1.29 is 19.7 Å². The van der Waals surface area contributed by atoms with Crippen molar-refractivity contribution in [1.82, 2.24) is 19.5 Å². The van der Waals surface area contributed by atoms with Gasteiger partial charge < -0.3 is 25.4 Å². The van der Waals surface area contributed by atoms with E-state index in [-0.39, 0.29) is 23.7 Å². The quantitative estimate of drug-likeness (QED) is 0.488. The van der Waals surface area contributed by atoms with E-state index < -0.39 is 30.1 Å². The standard InChI is InChI=1S/C15H23N5O5/c1-2-3-4-5-24-11-10(22)8(6-21)25-14(11)20-7-17-9-12(20)18-15(16)19-13(9)23/h7-8,10-11,14,21-22H,2-6H2,1H3,(H3,16,18,19,23)/t8-,10-,11-,14-/m1/s1. The highest BCUT2D eigenvalue weighted by atomic mass is 16.6. The average Bonchev–Trinajstić information content (AvgIpc) is 3.13. The lowest BCUT2D eigenvalue weighted by Crippen LogP contribution is -2.35. The van der Waals surface area contributed by atoms with Crippen molar-refractivity contribution in [3.05, 3.63) is 16.7 Å². The van der Waals surface area contributed by atoms with Gasteiger partial charge in [0.2, 0.25) is 5.95 Å². The summed E-state index contributed by atoms with van der Waals surface area (Å²) >= 11 is 0. The number of imidazole rings is 1. The summed E-state index contributed by atoms with van der Waals surface area (Å²) < 4.78 is 13.0. The second-order valence-electron chi connectivity index (χ2n) is 6.06. The molecular weight excluding hydrogens is 330 g/mol. The molecule has 2 aromatic rings. The molecule has 138 valence electrons. The number of H-pyrrole nitrogens is 1. The van der Waals surface area contributed by atoms with E-state index in [4.69, 9.17) is 15.2 Å². The number of nitrogen functional groups attached to an aromatic ring is 1. The van der Waals surface area contributed by atoms with Crippen LogP contribution in [0.1, 0.15) is 32.4 Å². The van der Waals surface area contributed by atoms with Crippen LogP contribution in [-0.2, 0) is 9.47 Å². The van der Waals surface area contributed by atoms with E-state index >= 15 is 0 Å². The molecule has 1 aliphatic rings. The molecule has 1 fully saturated rings. The molecule has 0 aliphatic carbocycles. The molecule has 0 spiro atoms. The van der Waals surface area contributed by atoms with Crippen LogP contribution in [0.2, 0.25) is 0 Å². The van der Waals surface area contributed by atoms with Crippen LogP contribution in [0.15, 0.2) is 11.1 Å². The zero-order valence-corrected chi connectivity index (χ0v) is 14.0. The lowest BCUT2D eigenvalue weighted by Gasteiger charge is -2.22. The van der Waals surface area contributed by atoms with Crippen molar-refractivity contribution in [3.8, 4) is 0 Å². The van der Waals surface area contributed by atoms with Gasteiger partial charge in [-0.2, -0.15) is 4.98 Å². The topological polar surface area (TPSA) is 149 Å². The van der Waals surface area contributed by atoms with Crippen LogP contribution in [0.5, 0.6) is 0 Å². The van der Waals surface area contributed by atoms with Crippen molar-refractivity contribution >= 4 is 17.1 Å². The third-order valence-corrected chi connectivity index (χ3v) is 4.28. The Labute approximate surface area is 143 Å². The fourth-order valence-electron chi connectivity index (χ4n) is 2.97. The molecule has 5 N–H and O–H groups in total. The lowest BCUT2D eigenvalue weighted by molar-refractivity contribution is -0.0710. The number of nitrogens with one attached hydrogen (secondary N) is 1. The van der Waals surface area contributed by atoms with Crippen molar-refractivity contribution in [2.75, 3.05) is 18.9 Å². The first kappa shape index (κ1) is 17.8. The SMILES string of the molecule is CCCCCO[C@@H]1[C@H](O)[C@@H](CO)O[C@H]1n1cnc2c(=O)[nH]c(N)nc21. The second-order valence-corrected chi connectivity index (χ2v) is 6.06. The molecule has 0 radical (unpaired) electrons. The molecule has 10 nitrogen and oxygen atoms in total. The number of aliphatic hydroxyl groups excluding tert-OH is 2. The average molecular weight is 353 g/mol. The summed E-state index contributed by atoms with van der Waals surface area (Å²) in [5.74, 6) is -0.0445. The van der Waals surface area contributed by atoms with E-state index in [1.807, 2.05) is 0 Å². The fourth-order valence-corrected chi connectivity index (χ4v) is 2.97. The highest BCUT2D eigenvalue weighted by Crippen LogP contribution is 2.33. The summed E-state index contributed by atoms with van der Waals surface area (Å²) in [6, 6.07) is 0. The Morgan fingerprint density at radius 3 is 3.00 bits per heavy atom. The second kappa shape index (κ2) is 7.48. The minimum atomic E-state index is -1.01. The highest BCUT2D eigenvalue weighted by Gasteiger charge is 2.45. The predicted octanol–water partition coefficient (Wildman–Crippen LogP) is -0.472. The summed E-state index contributed by atoms with van der Waals surface area (Å²) in [7, 11) is 0. The van der Waals surface area contributed by atoms with Crippen molar-refractivity contribution in [2.45, 2.75) is 50.7 Å². The smallest absolute Gasteiger partial charge is 0.280 e. The van der Waals surface area contributed by atoms with Gasteiger partial charge in [0.25, 0.3) is 5.56 Å². The molecule has 0 aromatic carbocycles. The van der Waals surface area contributed by atoms with Crippen LogP contribution in [0.3, 0.4) is 0 Å². The molecule has 0 bridgehead atoms. The number of rotatable bonds is 7. The molecule has 1 aliphatic heterocycles. The molecule has 10 heteroatoms. The van der Waals surface area contributed by atoms with Crippen LogP contribution in [0, 0.1) is 0 Å². The Morgan fingerprint density at radius 1 is 1.48 bits per heavy atom.